The van der Waals surface area contributed by atoms with E-state index in [4.69, 9.17) is 4.74 Å². The molecule has 1 aliphatic rings. The Kier molecular flexibility index (Phi) is 5.46. The third-order valence-corrected chi connectivity index (χ3v) is 6.14. The lowest BCUT2D eigenvalue weighted by atomic mass is 10.1. The fraction of sp³-hybridized carbons (Fsp3) is 0.263. The predicted molar refractivity (Wildman–Crippen MR) is 103 cm³/mol. The van der Waals surface area contributed by atoms with Crippen LogP contribution in [-0.4, -0.2) is 38.8 Å². The van der Waals surface area contributed by atoms with Gasteiger partial charge in [-0.25, -0.2) is 8.42 Å². The van der Waals surface area contributed by atoms with E-state index in [1.165, 1.54) is 7.11 Å². The number of hydrogen-bond donors (Lipinski definition) is 2. The van der Waals surface area contributed by atoms with Gasteiger partial charge in [0, 0.05) is 11.3 Å². The molecule has 0 radical (unpaired) electrons. The van der Waals surface area contributed by atoms with Crippen molar-refractivity contribution in [3.63, 3.8) is 0 Å². The van der Waals surface area contributed by atoms with Crippen molar-refractivity contribution >= 4 is 33.0 Å². The van der Waals surface area contributed by atoms with E-state index in [-0.39, 0.29) is 23.3 Å². The molecule has 1 aliphatic heterocycles. The zero-order valence-electron chi connectivity index (χ0n) is 14.8. The lowest BCUT2D eigenvalue weighted by molar-refractivity contribution is -0.119. The molecule has 1 saturated heterocycles. The SMILES string of the molecule is COc1ccccc1NC(=O)c1ccc(NC(=O)[C@H]2CCS(=O)(=O)C2)cc1. The molecule has 0 unspecified atom stereocenters. The summed E-state index contributed by atoms with van der Waals surface area (Å²) in [5.74, 6) is -0.655. The molecule has 2 aromatic rings. The van der Waals surface area contributed by atoms with Gasteiger partial charge in [-0.2, -0.15) is 0 Å². The molecule has 142 valence electrons. The third-order valence-electron chi connectivity index (χ3n) is 4.37. The first-order chi connectivity index (χ1) is 12.9. The average Bonchev–Trinajstić information content (AvgIpc) is 3.02. The number of hydrogen-bond acceptors (Lipinski definition) is 5. The molecule has 0 aliphatic carbocycles. The summed E-state index contributed by atoms with van der Waals surface area (Å²) in [5, 5.41) is 5.47. The number of anilines is 2. The van der Waals surface area contributed by atoms with Crippen molar-refractivity contribution in [2.45, 2.75) is 6.42 Å². The van der Waals surface area contributed by atoms with Gasteiger partial charge in [0.05, 0.1) is 30.2 Å². The summed E-state index contributed by atoms with van der Waals surface area (Å²) in [7, 11) is -1.58. The summed E-state index contributed by atoms with van der Waals surface area (Å²) in [6, 6.07) is 13.5. The number of amides is 2. The molecule has 0 aromatic heterocycles. The maximum absolute atomic E-state index is 12.4. The van der Waals surface area contributed by atoms with E-state index >= 15 is 0 Å². The molecule has 0 saturated carbocycles. The van der Waals surface area contributed by atoms with Crippen molar-refractivity contribution in [3.05, 3.63) is 54.1 Å². The van der Waals surface area contributed by atoms with Gasteiger partial charge < -0.3 is 15.4 Å². The number of carbonyl (C=O) groups is 2. The number of para-hydroxylation sites is 2. The van der Waals surface area contributed by atoms with Crippen LogP contribution in [0.15, 0.2) is 48.5 Å². The normalized spacial score (nSPS) is 17.9. The van der Waals surface area contributed by atoms with Crippen LogP contribution >= 0.6 is 0 Å². The number of nitrogens with one attached hydrogen (secondary N) is 2. The molecule has 1 atom stereocenters. The molecule has 8 heteroatoms. The Hall–Kier alpha value is -2.87. The van der Waals surface area contributed by atoms with E-state index in [0.29, 0.717) is 29.1 Å². The fourth-order valence-electron chi connectivity index (χ4n) is 2.89. The highest BCUT2D eigenvalue weighted by Gasteiger charge is 2.32. The van der Waals surface area contributed by atoms with Crippen LogP contribution < -0.4 is 15.4 Å². The maximum atomic E-state index is 12.4. The minimum atomic E-state index is -3.11. The first kappa shape index (κ1) is 18.9. The molecule has 3 rings (SSSR count). The highest BCUT2D eigenvalue weighted by Crippen LogP contribution is 2.24. The molecule has 1 fully saturated rings. The Morgan fingerprint density at radius 3 is 2.37 bits per heavy atom. The molecular weight excluding hydrogens is 368 g/mol. The molecule has 2 aromatic carbocycles. The van der Waals surface area contributed by atoms with E-state index in [1.54, 1.807) is 42.5 Å². The van der Waals surface area contributed by atoms with Crippen LogP contribution in [0.4, 0.5) is 11.4 Å². The Morgan fingerprint density at radius 1 is 1.04 bits per heavy atom. The Bertz CT molecular complexity index is 954. The van der Waals surface area contributed by atoms with Crippen LogP contribution in [0.2, 0.25) is 0 Å². The van der Waals surface area contributed by atoms with Gasteiger partial charge >= 0.3 is 0 Å². The monoisotopic (exact) mass is 388 g/mol. The van der Waals surface area contributed by atoms with E-state index in [2.05, 4.69) is 10.6 Å². The number of sulfone groups is 1. The van der Waals surface area contributed by atoms with Gasteiger partial charge in [0.25, 0.3) is 5.91 Å². The second-order valence-corrected chi connectivity index (χ2v) is 8.55. The number of rotatable bonds is 5. The molecule has 0 bridgehead atoms. The first-order valence-electron chi connectivity index (χ1n) is 8.44. The van der Waals surface area contributed by atoms with Gasteiger partial charge in [0.2, 0.25) is 5.91 Å². The van der Waals surface area contributed by atoms with Gasteiger partial charge in [-0.05, 0) is 42.8 Å². The summed E-state index contributed by atoms with van der Waals surface area (Å²) in [5.41, 5.74) is 1.49. The zero-order valence-corrected chi connectivity index (χ0v) is 15.6. The number of benzene rings is 2. The highest BCUT2D eigenvalue weighted by molar-refractivity contribution is 7.91. The zero-order chi connectivity index (χ0) is 19.4. The van der Waals surface area contributed by atoms with Gasteiger partial charge in [-0.15, -0.1) is 0 Å². The molecule has 0 spiro atoms. The standard InChI is InChI=1S/C19H20N2O5S/c1-26-17-5-3-2-4-16(17)21-18(22)13-6-8-15(9-7-13)20-19(23)14-10-11-27(24,25)12-14/h2-9,14H,10-12H2,1H3,(H,20,23)(H,21,22)/t14-/m0/s1. The van der Waals surface area contributed by atoms with Crippen molar-refractivity contribution in [1.82, 2.24) is 0 Å². The minimum Gasteiger partial charge on any atom is -0.495 e. The van der Waals surface area contributed by atoms with Crippen molar-refractivity contribution in [1.29, 1.82) is 0 Å². The smallest absolute Gasteiger partial charge is 0.255 e. The topological polar surface area (TPSA) is 102 Å². The first-order valence-corrected chi connectivity index (χ1v) is 10.3. The molecular formula is C19H20N2O5S. The summed E-state index contributed by atoms with van der Waals surface area (Å²) in [4.78, 5) is 24.5. The predicted octanol–water partition coefficient (Wildman–Crippen LogP) is 2.32. The summed E-state index contributed by atoms with van der Waals surface area (Å²) in [6.07, 6.45) is 0.341. The summed E-state index contributed by atoms with van der Waals surface area (Å²) < 4.78 is 28.2. The number of ether oxygens (including phenoxy) is 1. The lowest BCUT2D eigenvalue weighted by Gasteiger charge is -2.11. The Morgan fingerprint density at radius 2 is 1.74 bits per heavy atom. The van der Waals surface area contributed by atoms with Crippen LogP contribution in [-0.2, 0) is 14.6 Å². The van der Waals surface area contributed by atoms with E-state index in [1.807, 2.05) is 6.07 Å². The van der Waals surface area contributed by atoms with Gasteiger partial charge in [-0.3, -0.25) is 9.59 Å². The van der Waals surface area contributed by atoms with Crippen molar-refractivity contribution in [3.8, 4) is 5.75 Å². The Labute approximate surface area is 157 Å². The molecule has 27 heavy (non-hydrogen) atoms. The Balaban J connectivity index is 1.63. The van der Waals surface area contributed by atoms with Gasteiger partial charge in [0.1, 0.15) is 5.75 Å². The average molecular weight is 388 g/mol. The van der Waals surface area contributed by atoms with E-state index in [9.17, 15) is 18.0 Å². The molecule has 7 nitrogen and oxygen atoms in total. The summed E-state index contributed by atoms with van der Waals surface area (Å²) >= 11 is 0. The van der Waals surface area contributed by atoms with Crippen LogP contribution in [0, 0.1) is 5.92 Å². The van der Waals surface area contributed by atoms with Crippen molar-refractivity contribution in [2.75, 3.05) is 29.2 Å². The lowest BCUT2D eigenvalue weighted by Crippen LogP contribution is -2.23. The van der Waals surface area contributed by atoms with E-state index in [0.717, 1.165) is 0 Å². The maximum Gasteiger partial charge on any atom is 0.255 e. The van der Waals surface area contributed by atoms with Crippen LogP contribution in [0.5, 0.6) is 5.75 Å². The van der Waals surface area contributed by atoms with Crippen LogP contribution in [0.1, 0.15) is 16.8 Å². The molecule has 2 N–H and O–H groups in total. The minimum absolute atomic E-state index is 0.0488. The highest BCUT2D eigenvalue weighted by atomic mass is 32.2. The van der Waals surface area contributed by atoms with E-state index < -0.39 is 15.8 Å². The quantitative estimate of drug-likeness (QED) is 0.819. The molecule has 2 amide bonds. The van der Waals surface area contributed by atoms with Crippen LogP contribution in [0.25, 0.3) is 0 Å². The second-order valence-electron chi connectivity index (χ2n) is 6.32. The fourth-order valence-corrected chi connectivity index (χ4v) is 4.63. The summed E-state index contributed by atoms with van der Waals surface area (Å²) in [6.45, 7) is 0. The van der Waals surface area contributed by atoms with Gasteiger partial charge in [-0.1, -0.05) is 12.1 Å². The van der Waals surface area contributed by atoms with Crippen molar-refractivity contribution < 1.29 is 22.7 Å². The molecule has 1 heterocycles. The number of carbonyl (C=O) groups excluding carboxylic acids is 2. The van der Waals surface area contributed by atoms with Crippen LogP contribution in [0.3, 0.4) is 0 Å². The number of methoxy groups -OCH3 is 1. The van der Waals surface area contributed by atoms with Crippen molar-refractivity contribution in [2.24, 2.45) is 5.92 Å². The van der Waals surface area contributed by atoms with Gasteiger partial charge in [0.15, 0.2) is 9.84 Å². The third kappa shape index (κ3) is 4.65. The largest absolute Gasteiger partial charge is 0.495 e. The second kappa shape index (κ2) is 7.79.